The molecule has 8 nitrogen and oxygen atoms in total. The van der Waals surface area contributed by atoms with Gasteiger partial charge in [0.15, 0.2) is 16.7 Å². The standard InChI is InChI=1S/C21H28N4O4S/c1-12(2)29-17-8-14(6-7-16(17)28-3)15-9-19(27)25(10-15)11-18(26)24-21(23)30-20(22)13-4-5-13/h6-8,12-13,15,22H,4-5,9-11H2,1-3H3,(H2,23,24,26)/t15-/m1/s1. The maximum atomic E-state index is 12.4. The molecule has 1 aliphatic carbocycles. The Bertz CT molecular complexity index is 853. The van der Waals surface area contributed by atoms with Crippen molar-refractivity contribution >= 4 is 33.8 Å². The van der Waals surface area contributed by atoms with Crippen LogP contribution in [0.5, 0.6) is 11.5 Å². The van der Waals surface area contributed by atoms with E-state index in [0.29, 0.717) is 29.5 Å². The smallest absolute Gasteiger partial charge is 0.245 e. The van der Waals surface area contributed by atoms with Crippen molar-refractivity contribution < 1.29 is 19.1 Å². The molecule has 0 aromatic heterocycles. The molecule has 1 aromatic rings. The summed E-state index contributed by atoms with van der Waals surface area (Å²) in [6, 6.07) is 5.65. The van der Waals surface area contributed by atoms with Crippen molar-refractivity contribution in [3.63, 3.8) is 0 Å². The first kappa shape index (κ1) is 22.1. The molecule has 0 bridgehead atoms. The monoisotopic (exact) mass is 432 g/mol. The van der Waals surface area contributed by atoms with E-state index in [-0.39, 0.29) is 35.6 Å². The number of amidine groups is 1. The Morgan fingerprint density at radius 2 is 2.03 bits per heavy atom. The van der Waals surface area contributed by atoms with Gasteiger partial charge < -0.3 is 19.7 Å². The maximum absolute atomic E-state index is 12.4. The van der Waals surface area contributed by atoms with Gasteiger partial charge in [0.2, 0.25) is 11.8 Å². The lowest BCUT2D eigenvalue weighted by Gasteiger charge is -2.18. The van der Waals surface area contributed by atoms with Crippen LogP contribution in [0.3, 0.4) is 0 Å². The van der Waals surface area contributed by atoms with Gasteiger partial charge >= 0.3 is 0 Å². The van der Waals surface area contributed by atoms with Gasteiger partial charge in [0.05, 0.1) is 24.8 Å². The van der Waals surface area contributed by atoms with Crippen molar-refractivity contribution in [1.29, 1.82) is 10.8 Å². The zero-order chi connectivity index (χ0) is 21.8. The van der Waals surface area contributed by atoms with E-state index < -0.39 is 5.91 Å². The third-order valence-corrected chi connectivity index (χ3v) is 5.84. The van der Waals surface area contributed by atoms with E-state index in [2.05, 4.69) is 5.32 Å². The SMILES string of the molecule is COc1ccc([C@@H]2CC(=O)N(CC(=O)NC(=N)SC(=N)C3CC3)C2)cc1OC(C)C. The summed E-state index contributed by atoms with van der Waals surface area (Å²) >= 11 is 0.970. The summed E-state index contributed by atoms with van der Waals surface area (Å²) in [5.74, 6) is 0.966. The number of nitrogens with zero attached hydrogens (tertiary/aromatic N) is 1. The fourth-order valence-corrected chi connectivity index (χ4v) is 4.13. The van der Waals surface area contributed by atoms with E-state index in [9.17, 15) is 9.59 Å². The number of carbonyl (C=O) groups is 2. The first-order valence-corrected chi connectivity index (χ1v) is 10.9. The van der Waals surface area contributed by atoms with Crippen LogP contribution in [0.1, 0.15) is 44.6 Å². The van der Waals surface area contributed by atoms with Gasteiger partial charge in [0, 0.05) is 24.8 Å². The van der Waals surface area contributed by atoms with Crippen LogP contribution in [0, 0.1) is 16.7 Å². The van der Waals surface area contributed by atoms with Crippen LogP contribution in [0.2, 0.25) is 0 Å². The van der Waals surface area contributed by atoms with E-state index in [0.717, 1.165) is 30.2 Å². The molecule has 2 aliphatic rings. The number of thioether (sulfide) groups is 1. The number of hydrogen-bond donors (Lipinski definition) is 3. The second-order valence-electron chi connectivity index (χ2n) is 7.87. The highest BCUT2D eigenvalue weighted by Gasteiger charge is 2.33. The fourth-order valence-electron chi connectivity index (χ4n) is 3.35. The highest BCUT2D eigenvalue weighted by molar-refractivity contribution is 8.26. The first-order valence-electron chi connectivity index (χ1n) is 10.0. The molecule has 0 unspecified atom stereocenters. The molecule has 0 radical (unpaired) electrons. The van der Waals surface area contributed by atoms with Gasteiger partial charge in [-0.2, -0.15) is 0 Å². The van der Waals surface area contributed by atoms with E-state index >= 15 is 0 Å². The lowest BCUT2D eigenvalue weighted by molar-refractivity contribution is -0.132. The number of likely N-dealkylation sites (tertiary alicyclic amines) is 1. The van der Waals surface area contributed by atoms with E-state index in [1.165, 1.54) is 4.90 Å². The van der Waals surface area contributed by atoms with E-state index in [1.54, 1.807) is 7.11 Å². The van der Waals surface area contributed by atoms with Crippen molar-refractivity contribution in [3.8, 4) is 11.5 Å². The molecule has 1 heterocycles. The molecule has 1 aromatic carbocycles. The van der Waals surface area contributed by atoms with Crippen molar-refractivity contribution in [1.82, 2.24) is 10.2 Å². The zero-order valence-electron chi connectivity index (χ0n) is 17.5. The minimum Gasteiger partial charge on any atom is -0.493 e. The lowest BCUT2D eigenvalue weighted by Crippen LogP contribution is -2.39. The number of amides is 2. The van der Waals surface area contributed by atoms with Crippen LogP contribution >= 0.6 is 11.8 Å². The lowest BCUT2D eigenvalue weighted by atomic mass is 9.98. The van der Waals surface area contributed by atoms with Crippen LogP contribution in [0.15, 0.2) is 18.2 Å². The maximum Gasteiger partial charge on any atom is 0.245 e. The minimum absolute atomic E-state index is 0.00543. The molecule has 1 saturated carbocycles. The third-order valence-electron chi connectivity index (χ3n) is 4.98. The molecule has 9 heteroatoms. The Morgan fingerprint density at radius 3 is 2.67 bits per heavy atom. The quantitative estimate of drug-likeness (QED) is 0.453. The van der Waals surface area contributed by atoms with Gasteiger partial charge in [0.1, 0.15) is 0 Å². The molecule has 30 heavy (non-hydrogen) atoms. The Kier molecular flexibility index (Phi) is 7.02. The zero-order valence-corrected chi connectivity index (χ0v) is 18.3. The fraction of sp³-hybridized carbons (Fsp3) is 0.524. The summed E-state index contributed by atoms with van der Waals surface area (Å²) in [6.07, 6.45) is 2.27. The second kappa shape index (κ2) is 9.51. The Hall–Kier alpha value is -2.55. The number of rotatable bonds is 7. The summed E-state index contributed by atoms with van der Waals surface area (Å²) in [7, 11) is 1.59. The topological polar surface area (TPSA) is 116 Å². The molecular weight excluding hydrogens is 404 g/mol. The highest BCUT2D eigenvalue weighted by Crippen LogP contribution is 2.36. The van der Waals surface area contributed by atoms with Gasteiger partial charge in [-0.15, -0.1) is 0 Å². The van der Waals surface area contributed by atoms with Crippen LogP contribution in [0.4, 0.5) is 0 Å². The van der Waals surface area contributed by atoms with Crippen molar-refractivity contribution in [2.75, 3.05) is 20.2 Å². The molecule has 3 rings (SSSR count). The summed E-state index contributed by atoms with van der Waals surface area (Å²) < 4.78 is 11.2. The molecule has 2 amide bonds. The third kappa shape index (κ3) is 5.75. The summed E-state index contributed by atoms with van der Waals surface area (Å²) in [6.45, 7) is 4.21. The van der Waals surface area contributed by atoms with Crippen molar-refractivity contribution in [3.05, 3.63) is 23.8 Å². The molecular formula is C21H28N4O4S. The molecule has 1 aliphatic heterocycles. The molecule has 3 N–H and O–H groups in total. The predicted molar refractivity (Wildman–Crippen MR) is 117 cm³/mol. The van der Waals surface area contributed by atoms with Crippen LogP contribution < -0.4 is 14.8 Å². The predicted octanol–water partition coefficient (Wildman–Crippen LogP) is 2.97. The molecule has 1 atom stereocenters. The summed E-state index contributed by atoms with van der Waals surface area (Å²) in [5, 5.41) is 18.5. The van der Waals surface area contributed by atoms with Crippen molar-refractivity contribution in [2.45, 2.75) is 45.1 Å². The highest BCUT2D eigenvalue weighted by atomic mass is 32.2. The number of carbonyl (C=O) groups excluding carboxylic acids is 2. The average molecular weight is 433 g/mol. The average Bonchev–Trinajstić information content (AvgIpc) is 3.46. The van der Waals surface area contributed by atoms with Gasteiger partial charge in [-0.1, -0.05) is 6.07 Å². The Labute approximate surface area is 180 Å². The summed E-state index contributed by atoms with van der Waals surface area (Å²) in [4.78, 5) is 26.2. The van der Waals surface area contributed by atoms with Crippen molar-refractivity contribution in [2.24, 2.45) is 5.92 Å². The number of ether oxygens (including phenoxy) is 2. The van der Waals surface area contributed by atoms with Gasteiger partial charge in [-0.05, 0) is 56.1 Å². The number of benzene rings is 1. The largest absolute Gasteiger partial charge is 0.493 e. The summed E-state index contributed by atoms with van der Waals surface area (Å²) in [5.41, 5.74) is 0.962. The molecule has 0 spiro atoms. The molecule has 162 valence electrons. The second-order valence-corrected chi connectivity index (χ2v) is 8.92. The van der Waals surface area contributed by atoms with Gasteiger partial charge in [-0.25, -0.2) is 0 Å². The molecule has 2 fully saturated rings. The number of methoxy groups -OCH3 is 1. The van der Waals surface area contributed by atoms with Gasteiger partial charge in [0.25, 0.3) is 0 Å². The van der Waals surface area contributed by atoms with Gasteiger partial charge in [-0.3, -0.25) is 20.4 Å². The van der Waals surface area contributed by atoms with E-state index in [1.807, 2.05) is 32.0 Å². The van der Waals surface area contributed by atoms with Crippen LogP contribution in [-0.2, 0) is 9.59 Å². The van der Waals surface area contributed by atoms with Crippen LogP contribution in [0.25, 0.3) is 0 Å². The van der Waals surface area contributed by atoms with Crippen LogP contribution in [-0.4, -0.2) is 53.2 Å². The van der Waals surface area contributed by atoms with E-state index in [4.69, 9.17) is 20.3 Å². The number of hydrogen-bond acceptors (Lipinski definition) is 7. The normalized spacial score (nSPS) is 18.5. The molecule has 1 saturated heterocycles. The Morgan fingerprint density at radius 1 is 1.30 bits per heavy atom. The minimum atomic E-state index is -0.413. The first-order chi connectivity index (χ1) is 14.3. The number of nitrogens with one attached hydrogen (secondary N) is 3. The Balaban J connectivity index is 1.57.